The van der Waals surface area contributed by atoms with E-state index in [1.807, 2.05) is 0 Å². The van der Waals surface area contributed by atoms with E-state index in [0.717, 1.165) is 0 Å². The van der Waals surface area contributed by atoms with Crippen LogP contribution in [0, 0.1) is 13.8 Å². The number of amides is 2. The maximum atomic E-state index is 12.0. The number of carbonyl (C=O) groups excluding carboxylic acids is 2. The molecule has 3 aromatic rings. The standard InChI is InChI=1S/C11H12N12O2/c1-3-13-5(22-20-3)7(24)15-10-17-9(12)18-11(19-10)16-8(25)6-14-4(2)21-23-6/h1-2H3,(H,13,20,22)(H,14,21,23)(H4,12,15,16,17,18,19,24,25). The number of rotatable bonds is 4. The summed E-state index contributed by atoms with van der Waals surface area (Å²) in [6, 6.07) is 0. The molecule has 3 heterocycles. The Morgan fingerprint density at radius 2 is 1.24 bits per heavy atom. The summed E-state index contributed by atoms with van der Waals surface area (Å²) in [5.41, 5.74) is 5.56. The Morgan fingerprint density at radius 1 is 0.800 bits per heavy atom. The Labute approximate surface area is 139 Å². The van der Waals surface area contributed by atoms with Gasteiger partial charge >= 0.3 is 0 Å². The van der Waals surface area contributed by atoms with Crippen LogP contribution in [0.15, 0.2) is 0 Å². The summed E-state index contributed by atoms with van der Waals surface area (Å²) >= 11 is 0. The van der Waals surface area contributed by atoms with Crippen LogP contribution in [0.2, 0.25) is 0 Å². The third kappa shape index (κ3) is 3.69. The van der Waals surface area contributed by atoms with Gasteiger partial charge in [0.25, 0.3) is 11.8 Å². The molecule has 128 valence electrons. The van der Waals surface area contributed by atoms with E-state index >= 15 is 0 Å². The van der Waals surface area contributed by atoms with Crippen LogP contribution in [0.4, 0.5) is 17.8 Å². The van der Waals surface area contributed by atoms with Gasteiger partial charge in [-0.25, -0.2) is 9.97 Å². The Kier molecular flexibility index (Phi) is 3.99. The average Bonchev–Trinajstić information content (AvgIpc) is 3.15. The molecule has 3 rings (SSSR count). The lowest BCUT2D eigenvalue weighted by Crippen LogP contribution is -2.20. The highest BCUT2D eigenvalue weighted by atomic mass is 16.2. The second kappa shape index (κ2) is 6.26. The maximum absolute atomic E-state index is 12.0. The van der Waals surface area contributed by atoms with E-state index in [9.17, 15) is 9.59 Å². The van der Waals surface area contributed by atoms with Crippen molar-refractivity contribution in [3.63, 3.8) is 0 Å². The van der Waals surface area contributed by atoms with Gasteiger partial charge in [0.05, 0.1) is 0 Å². The minimum atomic E-state index is -0.656. The Hall–Kier alpha value is -3.97. The molecule has 0 aliphatic rings. The monoisotopic (exact) mass is 344 g/mol. The second-order valence-corrected chi connectivity index (χ2v) is 4.74. The number of nitrogens with two attached hydrogens (primary N) is 1. The zero-order valence-electron chi connectivity index (χ0n) is 13.0. The fraction of sp³-hybridized carbons (Fsp3) is 0.182. The van der Waals surface area contributed by atoms with Gasteiger partial charge in [-0.3, -0.25) is 30.4 Å². The highest BCUT2D eigenvalue weighted by Gasteiger charge is 2.17. The molecule has 25 heavy (non-hydrogen) atoms. The normalized spacial score (nSPS) is 10.5. The number of nitrogens with zero attached hydrogens (tertiary/aromatic N) is 7. The Morgan fingerprint density at radius 3 is 1.60 bits per heavy atom. The molecule has 6 N–H and O–H groups in total. The first-order valence-electron chi connectivity index (χ1n) is 6.83. The molecule has 0 atom stereocenters. The number of carbonyl (C=O) groups is 2. The van der Waals surface area contributed by atoms with Gasteiger partial charge in [-0.1, -0.05) is 0 Å². The van der Waals surface area contributed by atoms with Gasteiger partial charge < -0.3 is 5.73 Å². The van der Waals surface area contributed by atoms with E-state index in [1.165, 1.54) is 0 Å². The van der Waals surface area contributed by atoms with Crippen LogP contribution in [-0.2, 0) is 0 Å². The number of nitrogen functional groups attached to an aromatic ring is 1. The molecule has 0 saturated carbocycles. The predicted molar refractivity (Wildman–Crippen MR) is 82.4 cm³/mol. The second-order valence-electron chi connectivity index (χ2n) is 4.74. The van der Waals surface area contributed by atoms with Gasteiger partial charge in [0.1, 0.15) is 11.6 Å². The number of hydrogen-bond donors (Lipinski definition) is 5. The molecule has 0 unspecified atom stereocenters. The van der Waals surface area contributed by atoms with E-state index < -0.39 is 11.8 Å². The molecule has 0 aliphatic carbocycles. The first-order chi connectivity index (χ1) is 11.9. The van der Waals surface area contributed by atoms with Crippen molar-refractivity contribution in [1.82, 2.24) is 45.3 Å². The fourth-order valence-electron chi connectivity index (χ4n) is 1.71. The van der Waals surface area contributed by atoms with Gasteiger partial charge in [-0.05, 0) is 13.8 Å². The van der Waals surface area contributed by atoms with Gasteiger partial charge in [0, 0.05) is 0 Å². The molecule has 0 bridgehead atoms. The summed E-state index contributed by atoms with van der Waals surface area (Å²) in [4.78, 5) is 43.1. The maximum Gasteiger partial charge on any atom is 0.297 e. The Bertz CT molecular complexity index is 872. The van der Waals surface area contributed by atoms with Crippen LogP contribution in [0.5, 0.6) is 0 Å². The lowest BCUT2D eigenvalue weighted by molar-refractivity contribution is 0.101. The summed E-state index contributed by atoms with van der Waals surface area (Å²) in [5.74, 6) is -1.14. The number of anilines is 3. The van der Waals surface area contributed by atoms with Crippen molar-refractivity contribution in [3.05, 3.63) is 23.3 Å². The van der Waals surface area contributed by atoms with Crippen LogP contribution in [-0.4, -0.2) is 57.1 Å². The molecule has 0 spiro atoms. The smallest absolute Gasteiger partial charge is 0.297 e. The van der Waals surface area contributed by atoms with Crippen molar-refractivity contribution in [1.29, 1.82) is 0 Å². The molecule has 0 fully saturated rings. The number of H-pyrrole nitrogens is 2. The minimum absolute atomic E-state index is 0.0988. The minimum Gasteiger partial charge on any atom is -0.368 e. The summed E-state index contributed by atoms with van der Waals surface area (Å²) < 4.78 is 0. The van der Waals surface area contributed by atoms with E-state index in [1.54, 1.807) is 13.8 Å². The van der Waals surface area contributed by atoms with Crippen LogP contribution in [0.25, 0.3) is 0 Å². The summed E-state index contributed by atoms with van der Waals surface area (Å²) in [6.07, 6.45) is 0. The van der Waals surface area contributed by atoms with E-state index in [2.05, 4.69) is 55.9 Å². The van der Waals surface area contributed by atoms with Crippen molar-refractivity contribution in [2.45, 2.75) is 13.8 Å². The molecule has 3 aromatic heterocycles. The molecule has 14 nitrogen and oxygen atoms in total. The Balaban J connectivity index is 1.76. The number of nitrogens with one attached hydrogen (secondary N) is 4. The van der Waals surface area contributed by atoms with Gasteiger partial charge in [-0.15, -0.1) is 10.2 Å². The molecule has 0 aliphatic heterocycles. The number of aromatic amines is 2. The fourth-order valence-corrected chi connectivity index (χ4v) is 1.71. The lowest BCUT2D eigenvalue weighted by atomic mass is 10.5. The van der Waals surface area contributed by atoms with Crippen molar-refractivity contribution < 1.29 is 9.59 Å². The van der Waals surface area contributed by atoms with Crippen LogP contribution in [0.3, 0.4) is 0 Å². The molecule has 2 amide bonds. The molecular formula is C11H12N12O2. The average molecular weight is 344 g/mol. The first kappa shape index (κ1) is 15.9. The zero-order valence-corrected chi connectivity index (χ0v) is 13.0. The largest absolute Gasteiger partial charge is 0.368 e. The third-order valence-corrected chi connectivity index (χ3v) is 2.70. The summed E-state index contributed by atoms with van der Waals surface area (Å²) in [5, 5.41) is 17.2. The first-order valence-corrected chi connectivity index (χ1v) is 6.83. The summed E-state index contributed by atoms with van der Waals surface area (Å²) in [6.45, 7) is 3.28. The van der Waals surface area contributed by atoms with Gasteiger partial charge in [-0.2, -0.15) is 15.0 Å². The van der Waals surface area contributed by atoms with Crippen LogP contribution in [0.1, 0.15) is 32.9 Å². The summed E-state index contributed by atoms with van der Waals surface area (Å²) in [7, 11) is 0. The molecular weight excluding hydrogens is 332 g/mol. The van der Waals surface area contributed by atoms with Crippen LogP contribution >= 0.6 is 0 Å². The van der Waals surface area contributed by atoms with Crippen molar-refractivity contribution >= 4 is 29.7 Å². The predicted octanol–water partition coefficient (Wildman–Crippen LogP) is -1.19. The number of hydrogen-bond acceptors (Lipinski definition) is 10. The third-order valence-electron chi connectivity index (χ3n) is 2.70. The molecule has 0 saturated heterocycles. The van der Waals surface area contributed by atoms with Crippen molar-refractivity contribution in [3.8, 4) is 0 Å². The SMILES string of the molecule is Cc1nc(C(=O)Nc2nc(N)nc(NC(=O)c3n[nH]c(C)n3)n2)n[nH]1. The van der Waals surface area contributed by atoms with Crippen LogP contribution < -0.4 is 16.4 Å². The lowest BCUT2D eigenvalue weighted by Gasteiger charge is -2.05. The number of aryl methyl sites for hydroxylation is 2. The van der Waals surface area contributed by atoms with E-state index in [-0.39, 0.29) is 29.5 Å². The van der Waals surface area contributed by atoms with Gasteiger partial charge in [0.15, 0.2) is 0 Å². The highest BCUT2D eigenvalue weighted by Crippen LogP contribution is 2.08. The topological polar surface area (TPSA) is 206 Å². The zero-order chi connectivity index (χ0) is 18.0. The number of aromatic nitrogens is 9. The van der Waals surface area contributed by atoms with E-state index in [0.29, 0.717) is 11.6 Å². The van der Waals surface area contributed by atoms with Crippen molar-refractivity contribution in [2.75, 3.05) is 16.4 Å². The van der Waals surface area contributed by atoms with Gasteiger partial charge in [0.2, 0.25) is 29.5 Å². The molecule has 0 aromatic carbocycles. The highest BCUT2D eigenvalue weighted by molar-refractivity contribution is 6.01. The molecule has 0 radical (unpaired) electrons. The quantitative estimate of drug-likeness (QED) is 0.382. The van der Waals surface area contributed by atoms with Crippen molar-refractivity contribution in [2.24, 2.45) is 0 Å². The van der Waals surface area contributed by atoms with E-state index in [4.69, 9.17) is 5.73 Å². The molecule has 14 heteroatoms.